The fraction of sp³-hybridized carbons (Fsp3) is 0.538. The van der Waals surface area contributed by atoms with Crippen LogP contribution in [0.3, 0.4) is 0 Å². The summed E-state index contributed by atoms with van der Waals surface area (Å²) < 4.78 is 0. The molecule has 1 aliphatic carbocycles. The average molecular weight is 288 g/mol. The van der Waals surface area contributed by atoms with Crippen molar-refractivity contribution >= 4 is 11.9 Å². The van der Waals surface area contributed by atoms with Crippen molar-refractivity contribution in [3.8, 4) is 0 Å². The Morgan fingerprint density at radius 3 is 2.15 bits per heavy atom. The lowest BCUT2D eigenvalue weighted by Crippen LogP contribution is -2.47. The van der Waals surface area contributed by atoms with Gasteiger partial charge in [-0.1, -0.05) is 25.5 Å². The topological polar surface area (TPSA) is 135 Å². The first kappa shape index (κ1) is 18.3. The fourth-order valence-electron chi connectivity index (χ4n) is 1.64. The summed E-state index contributed by atoms with van der Waals surface area (Å²) in [5, 5.41) is 44.5. The van der Waals surface area contributed by atoms with Gasteiger partial charge in [-0.2, -0.15) is 0 Å². The summed E-state index contributed by atoms with van der Waals surface area (Å²) in [6.07, 6.45) is 4.33. The summed E-state index contributed by atoms with van der Waals surface area (Å²) >= 11 is 0. The van der Waals surface area contributed by atoms with Crippen molar-refractivity contribution in [2.24, 2.45) is 5.92 Å². The zero-order chi connectivity index (χ0) is 15.9. The second-order valence-corrected chi connectivity index (χ2v) is 4.34. The molecule has 0 heterocycles. The highest BCUT2D eigenvalue weighted by Crippen LogP contribution is 2.32. The van der Waals surface area contributed by atoms with Gasteiger partial charge < -0.3 is 25.5 Å². The van der Waals surface area contributed by atoms with E-state index in [1.807, 2.05) is 0 Å². The number of rotatable bonds is 4. The van der Waals surface area contributed by atoms with Crippen LogP contribution in [-0.4, -0.2) is 49.9 Å². The number of carboxylic acid groups (broad SMARTS) is 2. The summed E-state index contributed by atoms with van der Waals surface area (Å²) in [6.45, 7) is 3.76. The van der Waals surface area contributed by atoms with E-state index in [2.05, 4.69) is 6.92 Å². The van der Waals surface area contributed by atoms with E-state index in [1.165, 1.54) is 13.0 Å². The number of aliphatic hydroxyl groups is 3. The van der Waals surface area contributed by atoms with E-state index >= 15 is 0 Å². The minimum absolute atomic E-state index is 0.116. The van der Waals surface area contributed by atoms with Crippen LogP contribution < -0.4 is 0 Å². The van der Waals surface area contributed by atoms with Gasteiger partial charge in [0.05, 0.1) is 5.57 Å². The molecule has 20 heavy (non-hydrogen) atoms. The molecule has 0 amide bonds. The normalized spacial score (nSPS) is 20.1. The van der Waals surface area contributed by atoms with Crippen molar-refractivity contribution in [1.29, 1.82) is 0 Å². The van der Waals surface area contributed by atoms with Crippen LogP contribution in [0.1, 0.15) is 26.7 Å². The Bertz CT molecular complexity index is 418. The molecule has 0 aromatic heterocycles. The molecule has 0 fully saturated rings. The van der Waals surface area contributed by atoms with Crippen LogP contribution in [-0.2, 0) is 9.59 Å². The molecule has 0 aromatic carbocycles. The van der Waals surface area contributed by atoms with Crippen LogP contribution in [0.25, 0.3) is 0 Å². The summed E-state index contributed by atoms with van der Waals surface area (Å²) in [6, 6.07) is 0. The molecule has 114 valence electrons. The number of aliphatic carboxylic acids is 2. The molecule has 0 aliphatic heterocycles. The summed E-state index contributed by atoms with van der Waals surface area (Å²) in [5.74, 6) is -7.60. The molecule has 0 aromatic rings. The van der Waals surface area contributed by atoms with Crippen LogP contribution >= 0.6 is 0 Å². The third-order valence-corrected chi connectivity index (χ3v) is 2.73. The van der Waals surface area contributed by atoms with Crippen molar-refractivity contribution in [3.05, 3.63) is 23.3 Å². The Balaban J connectivity index is 0.000000621. The van der Waals surface area contributed by atoms with E-state index in [9.17, 15) is 19.8 Å². The molecule has 7 heteroatoms. The smallest absolute Gasteiger partial charge is 0.337 e. The number of aliphatic hydroxyl groups excluding tert-OH is 1. The molecule has 0 radical (unpaired) electrons. The van der Waals surface area contributed by atoms with Crippen molar-refractivity contribution in [2.45, 2.75) is 32.5 Å². The zero-order valence-electron chi connectivity index (χ0n) is 11.4. The molecule has 5 N–H and O–H groups in total. The van der Waals surface area contributed by atoms with Gasteiger partial charge in [0.25, 0.3) is 0 Å². The lowest BCUT2D eigenvalue weighted by Gasteiger charge is -2.30. The molecule has 1 aliphatic rings. The van der Waals surface area contributed by atoms with Crippen molar-refractivity contribution < 1.29 is 35.1 Å². The first-order chi connectivity index (χ1) is 9.19. The molecule has 7 nitrogen and oxygen atoms in total. The van der Waals surface area contributed by atoms with Gasteiger partial charge in [0.2, 0.25) is 5.79 Å². The minimum atomic E-state index is -2.88. The predicted molar refractivity (Wildman–Crippen MR) is 69.8 cm³/mol. The highest BCUT2D eigenvalue weighted by Gasteiger charge is 2.47. The van der Waals surface area contributed by atoms with E-state index < -0.39 is 29.2 Å². The van der Waals surface area contributed by atoms with Crippen molar-refractivity contribution in [1.82, 2.24) is 0 Å². The highest BCUT2D eigenvalue weighted by molar-refractivity contribution is 5.92. The van der Waals surface area contributed by atoms with E-state index in [4.69, 9.17) is 15.3 Å². The lowest BCUT2D eigenvalue weighted by molar-refractivity contribution is -0.185. The maximum Gasteiger partial charge on any atom is 0.337 e. The van der Waals surface area contributed by atoms with E-state index in [1.54, 1.807) is 0 Å². The monoisotopic (exact) mass is 288 g/mol. The Kier molecular flexibility index (Phi) is 7.12. The minimum Gasteiger partial charge on any atom is -0.481 e. The highest BCUT2D eigenvalue weighted by atomic mass is 16.5. The van der Waals surface area contributed by atoms with Gasteiger partial charge in [0.15, 0.2) is 0 Å². The Morgan fingerprint density at radius 2 is 1.85 bits per heavy atom. The Morgan fingerprint density at radius 1 is 1.30 bits per heavy atom. The number of allylic oxidation sites excluding steroid dienone is 2. The number of hydrogen-bond donors (Lipinski definition) is 5. The molecule has 1 rings (SSSR count). The van der Waals surface area contributed by atoms with Crippen LogP contribution in [0, 0.1) is 5.92 Å². The first-order valence-corrected chi connectivity index (χ1v) is 6.11. The summed E-state index contributed by atoms with van der Waals surface area (Å²) in [7, 11) is 0. The molecule has 0 bridgehead atoms. The van der Waals surface area contributed by atoms with Gasteiger partial charge in [0, 0.05) is 6.61 Å². The van der Waals surface area contributed by atoms with Crippen molar-refractivity contribution in [2.75, 3.05) is 6.61 Å². The van der Waals surface area contributed by atoms with Gasteiger partial charge in [-0.25, -0.2) is 4.79 Å². The van der Waals surface area contributed by atoms with Gasteiger partial charge >= 0.3 is 11.9 Å². The maximum atomic E-state index is 10.7. The average Bonchev–Trinajstić information content (AvgIpc) is 2.28. The predicted octanol–water partition coefficient (Wildman–Crippen LogP) is 0.118. The molecule has 0 saturated carbocycles. The van der Waals surface area contributed by atoms with Crippen LogP contribution in [0.4, 0.5) is 0 Å². The Labute approximate surface area is 116 Å². The Hall–Kier alpha value is -1.70. The van der Waals surface area contributed by atoms with Crippen LogP contribution in [0.15, 0.2) is 23.3 Å². The second kappa shape index (κ2) is 7.78. The summed E-state index contributed by atoms with van der Waals surface area (Å²) in [5.41, 5.74) is -0.595. The van der Waals surface area contributed by atoms with Gasteiger partial charge in [0.1, 0.15) is 5.92 Å². The van der Waals surface area contributed by atoms with Gasteiger partial charge in [-0.05, 0) is 18.9 Å². The van der Waals surface area contributed by atoms with Crippen LogP contribution in [0.2, 0.25) is 0 Å². The third-order valence-electron chi connectivity index (χ3n) is 2.73. The molecule has 0 saturated heterocycles. The number of carboxylic acids is 2. The fourth-order valence-corrected chi connectivity index (χ4v) is 1.64. The van der Waals surface area contributed by atoms with E-state index in [0.29, 0.717) is 6.61 Å². The maximum absolute atomic E-state index is 10.7. The van der Waals surface area contributed by atoms with Crippen LogP contribution in [0.5, 0.6) is 0 Å². The number of hydrogen-bond acceptors (Lipinski definition) is 5. The third kappa shape index (κ3) is 4.44. The quantitative estimate of drug-likeness (QED) is 0.463. The SMILES string of the molecule is CC1=C(C(=O)O)C(O)(O)C(C(=O)O)C=C1.CCCCO. The van der Waals surface area contributed by atoms with Gasteiger partial charge in [-0.15, -0.1) is 0 Å². The molecule has 0 spiro atoms. The molecular weight excluding hydrogens is 268 g/mol. The number of carbonyl (C=O) groups is 2. The van der Waals surface area contributed by atoms with E-state index in [0.717, 1.165) is 18.9 Å². The zero-order valence-corrected chi connectivity index (χ0v) is 11.4. The van der Waals surface area contributed by atoms with E-state index in [-0.39, 0.29) is 5.57 Å². The standard InChI is InChI=1S/C9H10O6.C4H10O/c1-4-2-3-5(7(10)11)9(14,15)6(4)8(12)13;1-2-3-4-5/h2-3,5,14-15H,1H3,(H,10,11)(H,12,13);5H,2-4H2,1H3. The summed E-state index contributed by atoms with van der Waals surface area (Å²) in [4.78, 5) is 21.4. The van der Waals surface area contributed by atoms with Crippen molar-refractivity contribution in [3.63, 3.8) is 0 Å². The lowest BCUT2D eigenvalue weighted by atomic mass is 9.84. The molecular formula is C13H20O7. The van der Waals surface area contributed by atoms with Gasteiger partial charge in [-0.3, -0.25) is 4.79 Å². The molecule has 1 unspecified atom stereocenters. The first-order valence-electron chi connectivity index (χ1n) is 6.11. The number of unbranched alkanes of at least 4 members (excludes halogenated alkanes) is 1. The molecule has 1 atom stereocenters. The largest absolute Gasteiger partial charge is 0.481 e. The second-order valence-electron chi connectivity index (χ2n) is 4.34.